The maximum Gasteiger partial charge on any atom is 0.336 e. The molecule has 1 heterocycles. The number of dihydropyridines is 1. The lowest BCUT2D eigenvalue weighted by atomic mass is 9.71. The molecule has 0 spiro atoms. The molecular formula is C32H37NO8. The molecule has 0 saturated heterocycles. The van der Waals surface area contributed by atoms with Gasteiger partial charge >= 0.3 is 11.9 Å². The minimum atomic E-state index is -0.681. The second-order valence-electron chi connectivity index (χ2n) is 10.0. The van der Waals surface area contributed by atoms with E-state index in [0.29, 0.717) is 59.1 Å². The van der Waals surface area contributed by atoms with E-state index in [1.54, 1.807) is 32.4 Å². The third-order valence-corrected chi connectivity index (χ3v) is 7.22. The van der Waals surface area contributed by atoms with Gasteiger partial charge in [0.25, 0.3) is 0 Å². The van der Waals surface area contributed by atoms with Gasteiger partial charge in [-0.15, -0.1) is 0 Å². The highest BCUT2D eigenvalue weighted by Crippen LogP contribution is 2.47. The van der Waals surface area contributed by atoms with E-state index in [-0.39, 0.29) is 30.5 Å². The number of benzene rings is 2. The zero-order chi connectivity index (χ0) is 29.7. The van der Waals surface area contributed by atoms with Gasteiger partial charge in [-0.2, -0.15) is 0 Å². The standard InChI is InChI=1S/C32H37NO8/c1-7-13-40-32(36)29-18(3)33-23-14-22(20-9-11-25(37-5)27(16-20)38-6)15-24(35)31(23)30(29)21-10-12-26(41-19(4)34)28(17-21)39-8-2/h9-12,16-17,22,30,33H,7-8,13-15H2,1-6H3/t22-,30-/m1/s1. The van der Waals surface area contributed by atoms with Crippen molar-refractivity contribution < 1.29 is 38.1 Å². The van der Waals surface area contributed by atoms with Crippen LogP contribution in [0.2, 0.25) is 0 Å². The Bertz CT molecular complexity index is 1410. The van der Waals surface area contributed by atoms with E-state index in [4.69, 9.17) is 23.7 Å². The fraction of sp³-hybridized carbons (Fsp3) is 0.406. The number of carbonyl (C=O) groups excluding carboxylic acids is 3. The van der Waals surface area contributed by atoms with Crippen LogP contribution in [0, 0.1) is 0 Å². The fourth-order valence-electron chi connectivity index (χ4n) is 5.47. The SMILES string of the molecule is CCCOC(=O)C1=C(C)NC2=C(C(=O)C[C@H](c3ccc(OC)c(OC)c3)C2)[C@@H]1c1ccc(OC(C)=O)c(OCC)c1. The molecule has 0 bridgehead atoms. The summed E-state index contributed by atoms with van der Waals surface area (Å²) in [5.74, 6) is 0.0289. The van der Waals surface area contributed by atoms with E-state index in [2.05, 4.69) is 5.32 Å². The quantitative estimate of drug-likeness (QED) is 0.302. The van der Waals surface area contributed by atoms with Crippen molar-refractivity contribution in [2.24, 2.45) is 0 Å². The van der Waals surface area contributed by atoms with Crippen molar-refractivity contribution in [2.75, 3.05) is 27.4 Å². The number of carbonyl (C=O) groups is 3. The highest BCUT2D eigenvalue weighted by atomic mass is 16.6. The first-order valence-corrected chi connectivity index (χ1v) is 13.8. The summed E-state index contributed by atoms with van der Waals surface area (Å²) in [6, 6.07) is 10.8. The number of Topliss-reactive ketones (excluding diaryl/α,β-unsaturated/α-hetero) is 1. The van der Waals surface area contributed by atoms with Crippen LogP contribution < -0.4 is 24.3 Å². The predicted molar refractivity (Wildman–Crippen MR) is 152 cm³/mol. The van der Waals surface area contributed by atoms with E-state index in [1.165, 1.54) is 6.92 Å². The largest absolute Gasteiger partial charge is 0.493 e. The van der Waals surface area contributed by atoms with Crippen LogP contribution in [0.15, 0.2) is 58.9 Å². The summed E-state index contributed by atoms with van der Waals surface area (Å²) in [5, 5.41) is 3.37. The molecule has 9 nitrogen and oxygen atoms in total. The Kier molecular flexibility index (Phi) is 9.37. The van der Waals surface area contributed by atoms with Crippen molar-refractivity contribution in [3.05, 3.63) is 70.1 Å². The number of hydrogen-bond acceptors (Lipinski definition) is 9. The monoisotopic (exact) mass is 563 g/mol. The minimum absolute atomic E-state index is 0.0705. The average Bonchev–Trinajstić information content (AvgIpc) is 2.95. The summed E-state index contributed by atoms with van der Waals surface area (Å²) in [5.41, 5.74) is 3.91. The molecule has 0 amide bonds. The van der Waals surface area contributed by atoms with Gasteiger partial charge in [0.05, 0.1) is 33.0 Å². The topological polar surface area (TPSA) is 109 Å². The third-order valence-electron chi connectivity index (χ3n) is 7.22. The highest BCUT2D eigenvalue weighted by molar-refractivity contribution is 6.04. The van der Waals surface area contributed by atoms with Gasteiger partial charge in [0.15, 0.2) is 28.8 Å². The van der Waals surface area contributed by atoms with Crippen molar-refractivity contribution in [2.45, 2.75) is 58.8 Å². The second-order valence-corrected chi connectivity index (χ2v) is 10.0. The Morgan fingerprint density at radius 3 is 2.27 bits per heavy atom. The zero-order valence-electron chi connectivity index (χ0n) is 24.4. The molecular weight excluding hydrogens is 526 g/mol. The smallest absolute Gasteiger partial charge is 0.336 e. The maximum atomic E-state index is 14.0. The number of rotatable bonds is 10. The van der Waals surface area contributed by atoms with Crippen LogP contribution >= 0.6 is 0 Å². The van der Waals surface area contributed by atoms with E-state index >= 15 is 0 Å². The number of nitrogens with one attached hydrogen (secondary N) is 1. The number of ether oxygens (including phenoxy) is 5. The molecule has 0 fully saturated rings. The van der Waals surface area contributed by atoms with Crippen LogP contribution in [-0.4, -0.2) is 45.2 Å². The number of ketones is 1. The number of methoxy groups -OCH3 is 2. The van der Waals surface area contributed by atoms with Crippen molar-refractivity contribution >= 4 is 17.7 Å². The van der Waals surface area contributed by atoms with Crippen molar-refractivity contribution in [1.82, 2.24) is 5.32 Å². The predicted octanol–water partition coefficient (Wildman–Crippen LogP) is 5.34. The Balaban J connectivity index is 1.81. The van der Waals surface area contributed by atoms with E-state index in [1.807, 2.05) is 39.0 Å². The molecule has 2 atom stereocenters. The zero-order valence-corrected chi connectivity index (χ0v) is 24.4. The molecule has 41 heavy (non-hydrogen) atoms. The van der Waals surface area contributed by atoms with Gasteiger partial charge in [0.2, 0.25) is 0 Å². The summed E-state index contributed by atoms with van der Waals surface area (Å²) < 4.78 is 27.6. The van der Waals surface area contributed by atoms with Gasteiger partial charge < -0.3 is 29.0 Å². The first-order valence-electron chi connectivity index (χ1n) is 13.8. The molecule has 218 valence electrons. The summed E-state index contributed by atoms with van der Waals surface area (Å²) in [4.78, 5) is 39.0. The van der Waals surface area contributed by atoms with Crippen LogP contribution in [0.3, 0.4) is 0 Å². The molecule has 0 aromatic heterocycles. The summed E-state index contributed by atoms with van der Waals surface area (Å²) in [6.45, 7) is 7.49. The Morgan fingerprint density at radius 2 is 1.61 bits per heavy atom. The molecule has 0 radical (unpaired) electrons. The van der Waals surface area contributed by atoms with Gasteiger partial charge in [0, 0.05) is 36.2 Å². The molecule has 1 aliphatic heterocycles. The lowest BCUT2D eigenvalue weighted by molar-refractivity contribution is -0.139. The van der Waals surface area contributed by atoms with Crippen LogP contribution in [0.25, 0.3) is 0 Å². The summed E-state index contributed by atoms with van der Waals surface area (Å²) >= 11 is 0. The number of hydrogen-bond donors (Lipinski definition) is 1. The number of allylic oxidation sites excluding steroid dienone is 3. The molecule has 0 saturated carbocycles. The van der Waals surface area contributed by atoms with Crippen LogP contribution in [0.5, 0.6) is 23.0 Å². The van der Waals surface area contributed by atoms with Gasteiger partial charge in [-0.25, -0.2) is 4.79 Å². The maximum absolute atomic E-state index is 14.0. The second kappa shape index (κ2) is 12.9. The van der Waals surface area contributed by atoms with Gasteiger partial charge in [0.1, 0.15) is 0 Å². The number of esters is 2. The van der Waals surface area contributed by atoms with Crippen molar-refractivity contribution in [3.63, 3.8) is 0 Å². The lowest BCUT2D eigenvalue weighted by Crippen LogP contribution is -2.36. The summed E-state index contributed by atoms with van der Waals surface area (Å²) in [7, 11) is 3.16. The summed E-state index contributed by atoms with van der Waals surface area (Å²) in [6.07, 6.45) is 1.49. The van der Waals surface area contributed by atoms with Crippen LogP contribution in [-0.2, 0) is 19.1 Å². The third kappa shape index (κ3) is 6.24. The molecule has 2 aliphatic rings. The van der Waals surface area contributed by atoms with Crippen molar-refractivity contribution in [3.8, 4) is 23.0 Å². The van der Waals surface area contributed by atoms with Gasteiger partial charge in [-0.1, -0.05) is 19.1 Å². The molecule has 4 rings (SSSR count). The van der Waals surface area contributed by atoms with E-state index < -0.39 is 17.9 Å². The Labute approximate surface area is 240 Å². The first kappa shape index (κ1) is 29.7. The minimum Gasteiger partial charge on any atom is -0.493 e. The highest BCUT2D eigenvalue weighted by Gasteiger charge is 2.42. The normalized spacial score (nSPS) is 18.3. The van der Waals surface area contributed by atoms with E-state index in [9.17, 15) is 14.4 Å². The molecule has 2 aromatic carbocycles. The molecule has 2 aromatic rings. The first-order chi connectivity index (χ1) is 19.7. The molecule has 1 N–H and O–H groups in total. The fourth-order valence-corrected chi connectivity index (χ4v) is 5.47. The van der Waals surface area contributed by atoms with Gasteiger partial charge in [-0.05, 0) is 68.0 Å². The van der Waals surface area contributed by atoms with Crippen LogP contribution in [0.1, 0.15) is 69.9 Å². The average molecular weight is 564 g/mol. The Hall–Kier alpha value is -4.27. The molecule has 1 aliphatic carbocycles. The van der Waals surface area contributed by atoms with Gasteiger partial charge in [-0.3, -0.25) is 9.59 Å². The molecule has 0 unspecified atom stereocenters. The lowest BCUT2D eigenvalue weighted by Gasteiger charge is -2.37. The Morgan fingerprint density at radius 1 is 0.927 bits per heavy atom. The van der Waals surface area contributed by atoms with Crippen molar-refractivity contribution in [1.29, 1.82) is 0 Å². The molecule has 9 heteroatoms. The van der Waals surface area contributed by atoms with E-state index in [0.717, 1.165) is 11.3 Å². The van der Waals surface area contributed by atoms with Crippen LogP contribution in [0.4, 0.5) is 0 Å².